The number of carbonyl (C=O) groups excluding carboxylic acids is 2. The molecule has 0 atom stereocenters. The highest BCUT2D eigenvalue weighted by Crippen LogP contribution is 2.16. The van der Waals surface area contributed by atoms with Crippen molar-refractivity contribution in [1.29, 1.82) is 0 Å². The Hall–Kier alpha value is -2.08. The van der Waals surface area contributed by atoms with Crippen molar-refractivity contribution in [2.75, 3.05) is 5.32 Å². The largest absolute Gasteiger partial charge is 0.321 e. The van der Waals surface area contributed by atoms with Gasteiger partial charge >= 0.3 is 0 Å². The van der Waals surface area contributed by atoms with Crippen molar-refractivity contribution in [3.63, 3.8) is 0 Å². The van der Waals surface area contributed by atoms with E-state index >= 15 is 0 Å². The molecule has 0 aliphatic rings. The number of aromatic nitrogens is 2. The smallest absolute Gasteiger partial charge is 0.269 e. The third-order valence-corrected chi connectivity index (χ3v) is 3.30. The van der Waals surface area contributed by atoms with E-state index in [1.54, 1.807) is 24.3 Å². The minimum absolute atomic E-state index is 0.235. The first-order valence-electron chi connectivity index (χ1n) is 5.92. The lowest BCUT2D eigenvalue weighted by Crippen LogP contribution is -2.12. The highest BCUT2D eigenvalue weighted by molar-refractivity contribution is 7.08. The van der Waals surface area contributed by atoms with Crippen LogP contribution in [0, 0.1) is 0 Å². The fourth-order valence-corrected chi connectivity index (χ4v) is 2.26. The van der Waals surface area contributed by atoms with Crippen LogP contribution in [0.3, 0.4) is 0 Å². The van der Waals surface area contributed by atoms with Crippen LogP contribution in [-0.2, 0) is 6.42 Å². The lowest BCUT2D eigenvalue weighted by atomic mass is 10.2. The molecule has 98 valence electrons. The van der Waals surface area contributed by atoms with Gasteiger partial charge in [0.2, 0.25) is 0 Å². The van der Waals surface area contributed by atoms with E-state index in [-0.39, 0.29) is 5.91 Å². The Balaban J connectivity index is 2.15. The third-order valence-electron chi connectivity index (χ3n) is 2.53. The molecule has 0 spiro atoms. The maximum absolute atomic E-state index is 12.1. The van der Waals surface area contributed by atoms with Gasteiger partial charge in [0.1, 0.15) is 11.2 Å². The lowest BCUT2D eigenvalue weighted by molar-refractivity contribution is 0.102. The van der Waals surface area contributed by atoms with Gasteiger partial charge in [-0.1, -0.05) is 30.0 Å². The molecule has 1 N–H and O–H groups in total. The molecule has 1 amide bonds. The van der Waals surface area contributed by atoms with E-state index in [0.717, 1.165) is 36.4 Å². The van der Waals surface area contributed by atoms with Gasteiger partial charge in [0.25, 0.3) is 5.91 Å². The van der Waals surface area contributed by atoms with Crippen molar-refractivity contribution >= 4 is 29.4 Å². The second kappa shape index (κ2) is 6.19. The summed E-state index contributed by atoms with van der Waals surface area (Å²) in [6, 6.07) is 6.76. The molecule has 0 aliphatic carbocycles. The quantitative estimate of drug-likeness (QED) is 0.851. The first-order valence-corrected chi connectivity index (χ1v) is 6.69. The Morgan fingerprint density at radius 3 is 3.05 bits per heavy atom. The Kier molecular flexibility index (Phi) is 4.35. The van der Waals surface area contributed by atoms with Crippen LogP contribution in [-0.4, -0.2) is 21.8 Å². The van der Waals surface area contributed by atoms with Crippen LogP contribution < -0.4 is 5.32 Å². The second-order valence-corrected chi connectivity index (χ2v) is 4.75. The van der Waals surface area contributed by atoms with Gasteiger partial charge in [-0.3, -0.25) is 9.59 Å². The number of rotatable bonds is 5. The van der Waals surface area contributed by atoms with Crippen LogP contribution in [0.4, 0.5) is 5.69 Å². The Morgan fingerprint density at radius 1 is 1.47 bits per heavy atom. The number of aldehydes is 1. The van der Waals surface area contributed by atoms with E-state index in [0.29, 0.717) is 16.1 Å². The molecule has 5 nitrogen and oxygen atoms in total. The molecular weight excluding hydrogens is 262 g/mol. The van der Waals surface area contributed by atoms with E-state index in [1.807, 2.05) is 6.92 Å². The lowest BCUT2D eigenvalue weighted by Gasteiger charge is -2.04. The minimum Gasteiger partial charge on any atom is -0.321 e. The number of nitrogens with zero attached hydrogens (tertiary/aromatic N) is 2. The number of nitrogens with one attached hydrogen (secondary N) is 1. The molecule has 0 saturated carbocycles. The van der Waals surface area contributed by atoms with Crippen LogP contribution >= 0.6 is 11.5 Å². The topological polar surface area (TPSA) is 72.0 Å². The van der Waals surface area contributed by atoms with Crippen molar-refractivity contribution in [3.8, 4) is 0 Å². The predicted octanol–water partition coefficient (Wildman–Crippen LogP) is 2.56. The van der Waals surface area contributed by atoms with Gasteiger partial charge in [-0.05, 0) is 30.1 Å². The molecule has 6 heteroatoms. The number of aryl methyl sites for hydroxylation is 1. The SMILES string of the molecule is CCCc1nnsc1C(=O)Nc1cccc(C=O)c1. The van der Waals surface area contributed by atoms with Gasteiger partial charge in [0.15, 0.2) is 0 Å². The highest BCUT2D eigenvalue weighted by Gasteiger charge is 2.15. The van der Waals surface area contributed by atoms with Gasteiger partial charge in [0, 0.05) is 11.3 Å². The van der Waals surface area contributed by atoms with Crippen molar-refractivity contribution in [3.05, 3.63) is 40.4 Å². The third kappa shape index (κ3) is 3.23. The molecular formula is C13H13N3O2S. The highest BCUT2D eigenvalue weighted by atomic mass is 32.1. The number of amides is 1. The summed E-state index contributed by atoms with van der Waals surface area (Å²) in [7, 11) is 0. The van der Waals surface area contributed by atoms with Crippen LogP contribution in [0.25, 0.3) is 0 Å². The standard InChI is InChI=1S/C13H13N3O2S/c1-2-4-11-12(19-16-15-11)13(18)14-10-6-3-5-9(7-10)8-17/h3,5-8H,2,4H2,1H3,(H,14,18). The summed E-state index contributed by atoms with van der Waals surface area (Å²) < 4.78 is 3.81. The van der Waals surface area contributed by atoms with Crippen LogP contribution in [0.2, 0.25) is 0 Å². The maximum Gasteiger partial charge on any atom is 0.269 e. The summed E-state index contributed by atoms with van der Waals surface area (Å²) in [6.07, 6.45) is 2.38. The van der Waals surface area contributed by atoms with Crippen molar-refractivity contribution < 1.29 is 9.59 Å². The number of benzene rings is 1. The summed E-state index contributed by atoms with van der Waals surface area (Å²) in [4.78, 5) is 23.3. The van der Waals surface area contributed by atoms with Crippen LogP contribution in [0.5, 0.6) is 0 Å². The van der Waals surface area contributed by atoms with Crippen LogP contribution in [0.15, 0.2) is 24.3 Å². The Morgan fingerprint density at radius 2 is 2.32 bits per heavy atom. The fraction of sp³-hybridized carbons (Fsp3) is 0.231. The number of carbonyl (C=O) groups is 2. The molecule has 1 heterocycles. The molecule has 0 radical (unpaired) electrons. The predicted molar refractivity (Wildman–Crippen MR) is 73.7 cm³/mol. The summed E-state index contributed by atoms with van der Waals surface area (Å²) in [5.74, 6) is -0.235. The molecule has 0 unspecified atom stereocenters. The molecule has 1 aromatic heterocycles. The van der Waals surface area contributed by atoms with Gasteiger partial charge in [-0.2, -0.15) is 0 Å². The Bertz CT molecular complexity index is 595. The average Bonchev–Trinajstić information content (AvgIpc) is 2.88. The van der Waals surface area contributed by atoms with Crippen molar-refractivity contribution in [2.45, 2.75) is 19.8 Å². The molecule has 0 saturated heterocycles. The summed E-state index contributed by atoms with van der Waals surface area (Å²) in [6.45, 7) is 2.02. The summed E-state index contributed by atoms with van der Waals surface area (Å²) in [5, 5.41) is 6.70. The zero-order valence-electron chi connectivity index (χ0n) is 10.4. The van der Waals surface area contributed by atoms with Crippen molar-refractivity contribution in [2.24, 2.45) is 0 Å². The van der Waals surface area contributed by atoms with E-state index < -0.39 is 0 Å². The maximum atomic E-state index is 12.1. The summed E-state index contributed by atoms with van der Waals surface area (Å²) >= 11 is 1.08. The number of hydrogen-bond acceptors (Lipinski definition) is 5. The zero-order valence-corrected chi connectivity index (χ0v) is 11.2. The molecule has 19 heavy (non-hydrogen) atoms. The Labute approximate surface area is 114 Å². The van der Waals surface area contributed by atoms with E-state index in [1.165, 1.54) is 0 Å². The molecule has 0 fully saturated rings. The average molecular weight is 275 g/mol. The van der Waals surface area contributed by atoms with E-state index in [9.17, 15) is 9.59 Å². The van der Waals surface area contributed by atoms with E-state index in [4.69, 9.17) is 0 Å². The summed E-state index contributed by atoms with van der Waals surface area (Å²) in [5.41, 5.74) is 1.83. The normalized spacial score (nSPS) is 10.2. The monoisotopic (exact) mass is 275 g/mol. The minimum atomic E-state index is -0.235. The van der Waals surface area contributed by atoms with Gasteiger partial charge in [-0.25, -0.2) is 0 Å². The zero-order chi connectivity index (χ0) is 13.7. The first-order chi connectivity index (χ1) is 9.24. The molecule has 0 bridgehead atoms. The molecule has 0 aliphatic heterocycles. The van der Waals surface area contributed by atoms with Gasteiger partial charge < -0.3 is 5.32 Å². The first kappa shape index (κ1) is 13.4. The fourth-order valence-electron chi connectivity index (χ4n) is 1.66. The number of anilines is 1. The molecule has 2 rings (SSSR count). The van der Waals surface area contributed by atoms with E-state index in [2.05, 4.69) is 14.9 Å². The van der Waals surface area contributed by atoms with Gasteiger partial charge in [0.05, 0.1) is 5.69 Å². The van der Waals surface area contributed by atoms with Crippen LogP contribution in [0.1, 0.15) is 39.1 Å². The van der Waals surface area contributed by atoms with Gasteiger partial charge in [-0.15, -0.1) is 5.10 Å². The van der Waals surface area contributed by atoms with Crippen molar-refractivity contribution in [1.82, 2.24) is 9.59 Å². The second-order valence-electron chi connectivity index (χ2n) is 4.00. The molecule has 2 aromatic rings. The number of hydrogen-bond donors (Lipinski definition) is 1. The molecule has 1 aromatic carbocycles.